The van der Waals surface area contributed by atoms with E-state index in [-0.39, 0.29) is 5.91 Å². The minimum atomic E-state index is -4.42. The Labute approximate surface area is 231 Å². The molecule has 2 aromatic heterocycles. The molecule has 0 saturated carbocycles. The number of methoxy groups -OCH3 is 1. The first-order valence-electron chi connectivity index (χ1n) is 13.0. The molecule has 0 radical (unpaired) electrons. The van der Waals surface area contributed by atoms with Crippen molar-refractivity contribution in [3.63, 3.8) is 0 Å². The van der Waals surface area contributed by atoms with Crippen LogP contribution in [-0.4, -0.2) is 65.9 Å². The molecule has 0 aliphatic rings. The highest BCUT2D eigenvalue weighted by Gasteiger charge is 2.40. The van der Waals surface area contributed by atoms with Crippen LogP contribution in [-0.2, 0) is 32.3 Å². The van der Waals surface area contributed by atoms with E-state index in [1.807, 2.05) is 37.3 Å². The maximum absolute atomic E-state index is 14.1. The molecule has 7 nitrogen and oxygen atoms in total. The van der Waals surface area contributed by atoms with Crippen molar-refractivity contribution in [1.29, 1.82) is 0 Å². The summed E-state index contributed by atoms with van der Waals surface area (Å²) in [7, 11) is 3.39. The van der Waals surface area contributed by atoms with Crippen LogP contribution in [0.4, 0.5) is 13.2 Å². The molecule has 0 aliphatic heterocycles. The molecule has 4 rings (SSSR count). The first-order valence-corrected chi connectivity index (χ1v) is 13.0. The van der Waals surface area contributed by atoms with E-state index in [9.17, 15) is 18.0 Å². The average Bonchev–Trinajstić information content (AvgIpc) is 3.39. The van der Waals surface area contributed by atoms with E-state index in [2.05, 4.69) is 10.1 Å². The highest BCUT2D eigenvalue weighted by molar-refractivity contribution is 5.88. The topological polar surface area (TPSA) is 69.0 Å². The molecular formula is C30H33F3N4O3. The first kappa shape index (κ1) is 29.2. The van der Waals surface area contributed by atoms with Crippen LogP contribution in [0.1, 0.15) is 30.2 Å². The van der Waals surface area contributed by atoms with E-state index in [0.717, 1.165) is 24.1 Å². The average molecular weight is 555 g/mol. The molecule has 4 aromatic rings. The second-order valence-electron chi connectivity index (χ2n) is 9.88. The van der Waals surface area contributed by atoms with Crippen molar-refractivity contribution >= 4 is 11.6 Å². The number of ether oxygens (including phenoxy) is 2. The Morgan fingerprint density at radius 1 is 1.00 bits per heavy atom. The van der Waals surface area contributed by atoms with Crippen LogP contribution in [0, 0.1) is 0 Å². The molecule has 2 aromatic carbocycles. The lowest BCUT2D eigenvalue weighted by Crippen LogP contribution is -2.47. The van der Waals surface area contributed by atoms with Gasteiger partial charge in [0.1, 0.15) is 0 Å². The number of hydrogen-bond donors (Lipinski definition) is 0. The zero-order chi connectivity index (χ0) is 28.8. The Kier molecular flexibility index (Phi) is 9.21. The van der Waals surface area contributed by atoms with Crippen LogP contribution in [0.2, 0.25) is 0 Å². The monoisotopic (exact) mass is 554 g/mol. The molecule has 10 heteroatoms. The molecule has 0 saturated heterocycles. The minimum Gasteiger partial charge on any atom is -0.385 e. The third-order valence-electron chi connectivity index (χ3n) is 6.92. The molecule has 0 aliphatic carbocycles. The number of carbonyl (C=O) groups excluding carboxylic acids is 1. The van der Waals surface area contributed by atoms with Crippen molar-refractivity contribution in [3.05, 3.63) is 89.9 Å². The van der Waals surface area contributed by atoms with Gasteiger partial charge in [-0.05, 0) is 49.1 Å². The number of nitrogens with zero attached hydrogens (tertiary/aromatic N) is 4. The van der Waals surface area contributed by atoms with Crippen molar-refractivity contribution in [3.8, 4) is 11.1 Å². The summed E-state index contributed by atoms with van der Waals surface area (Å²) in [5.74, 6) is -0.115. The fraction of sp³-hybridized carbons (Fsp3) is 0.367. The predicted molar refractivity (Wildman–Crippen MR) is 146 cm³/mol. The maximum Gasteiger partial charge on any atom is 0.416 e. The Balaban J connectivity index is 1.68. The molecule has 0 fully saturated rings. The smallest absolute Gasteiger partial charge is 0.385 e. The third kappa shape index (κ3) is 6.51. The van der Waals surface area contributed by atoms with Crippen LogP contribution in [0.15, 0.2) is 73.1 Å². The molecule has 1 amide bonds. The Morgan fingerprint density at radius 2 is 1.73 bits per heavy atom. The number of amides is 1. The number of likely N-dealkylation sites (N-methyl/N-ethyl adjacent to an activating group) is 1. The number of rotatable bonds is 12. The second kappa shape index (κ2) is 12.6. The van der Waals surface area contributed by atoms with E-state index in [1.165, 1.54) is 12.1 Å². The van der Waals surface area contributed by atoms with E-state index >= 15 is 0 Å². The SMILES string of the molecule is COCCCOCCN(C)C(=O)C(C)(Cc1ccccc1)c1ccnc2c(-c3ccc(C(F)(F)F)cc3)cnn12. The molecule has 40 heavy (non-hydrogen) atoms. The lowest BCUT2D eigenvalue weighted by atomic mass is 9.78. The van der Waals surface area contributed by atoms with Gasteiger partial charge >= 0.3 is 6.18 Å². The number of benzene rings is 2. The standard InChI is InChI=1S/C30H33F3N4O3/c1-29(20-22-8-5-4-6-9-22,28(38)36(2)16-19-40-18-7-17-39-3)26-14-15-34-27-25(21-35-37(26)27)23-10-12-24(13-11-23)30(31,32)33/h4-6,8-15,21H,7,16-20H2,1-3H3. The molecule has 212 valence electrons. The minimum absolute atomic E-state index is 0.115. The van der Waals surface area contributed by atoms with E-state index < -0.39 is 17.2 Å². The van der Waals surface area contributed by atoms with Crippen LogP contribution >= 0.6 is 0 Å². The number of alkyl halides is 3. The van der Waals surface area contributed by atoms with E-state index in [1.54, 1.807) is 42.0 Å². The Bertz CT molecular complexity index is 1410. The second-order valence-corrected chi connectivity index (χ2v) is 9.88. The van der Waals surface area contributed by atoms with Gasteiger partial charge in [0.25, 0.3) is 0 Å². The molecular weight excluding hydrogens is 521 g/mol. The van der Waals surface area contributed by atoms with Gasteiger partial charge in [0.2, 0.25) is 5.91 Å². The number of hydrogen-bond acceptors (Lipinski definition) is 5. The summed E-state index contributed by atoms with van der Waals surface area (Å²) in [5.41, 5.74) is 1.41. The lowest BCUT2D eigenvalue weighted by Gasteiger charge is -2.33. The zero-order valence-corrected chi connectivity index (χ0v) is 22.8. The van der Waals surface area contributed by atoms with Crippen molar-refractivity contribution in [2.24, 2.45) is 0 Å². The summed E-state index contributed by atoms with van der Waals surface area (Å²) in [6.45, 7) is 3.83. The predicted octanol–water partition coefficient (Wildman–Crippen LogP) is 5.43. The summed E-state index contributed by atoms with van der Waals surface area (Å²) in [4.78, 5) is 20.2. The van der Waals surface area contributed by atoms with Gasteiger partial charge in [0.15, 0.2) is 5.65 Å². The van der Waals surface area contributed by atoms with Gasteiger partial charge in [-0.15, -0.1) is 0 Å². The van der Waals surface area contributed by atoms with Crippen LogP contribution in [0.5, 0.6) is 0 Å². The lowest BCUT2D eigenvalue weighted by molar-refractivity contribution is -0.138. The highest BCUT2D eigenvalue weighted by atomic mass is 19.4. The van der Waals surface area contributed by atoms with E-state index in [4.69, 9.17) is 9.47 Å². The van der Waals surface area contributed by atoms with Crippen molar-refractivity contribution in [2.45, 2.75) is 31.4 Å². The largest absolute Gasteiger partial charge is 0.416 e. The summed E-state index contributed by atoms with van der Waals surface area (Å²) in [6, 6.07) is 16.4. The third-order valence-corrected chi connectivity index (χ3v) is 6.92. The highest BCUT2D eigenvalue weighted by Crippen LogP contribution is 2.34. The van der Waals surface area contributed by atoms with Gasteiger partial charge in [0, 0.05) is 45.7 Å². The molecule has 0 spiro atoms. The fourth-order valence-electron chi connectivity index (χ4n) is 4.76. The van der Waals surface area contributed by atoms with Gasteiger partial charge < -0.3 is 14.4 Å². The summed E-state index contributed by atoms with van der Waals surface area (Å²) in [5, 5.41) is 4.54. The van der Waals surface area contributed by atoms with Crippen LogP contribution in [0.3, 0.4) is 0 Å². The zero-order valence-electron chi connectivity index (χ0n) is 22.8. The number of fused-ring (bicyclic) bond motifs is 1. The van der Waals surface area contributed by atoms with Gasteiger partial charge in [0.05, 0.1) is 29.5 Å². The summed E-state index contributed by atoms with van der Waals surface area (Å²) < 4.78 is 51.6. The fourth-order valence-corrected chi connectivity index (χ4v) is 4.76. The van der Waals surface area contributed by atoms with Crippen molar-refractivity contribution in [1.82, 2.24) is 19.5 Å². The quantitative estimate of drug-likeness (QED) is 0.219. The van der Waals surface area contributed by atoms with Crippen molar-refractivity contribution in [2.75, 3.05) is 40.5 Å². The number of carbonyl (C=O) groups is 1. The normalized spacial score (nSPS) is 13.3. The molecule has 1 atom stereocenters. The molecule has 0 N–H and O–H groups in total. The first-order chi connectivity index (χ1) is 19.1. The maximum atomic E-state index is 14.1. The summed E-state index contributed by atoms with van der Waals surface area (Å²) >= 11 is 0. The summed E-state index contributed by atoms with van der Waals surface area (Å²) in [6.07, 6.45) is -0.0733. The van der Waals surface area contributed by atoms with Crippen LogP contribution in [0.25, 0.3) is 16.8 Å². The number of halogens is 3. The van der Waals surface area contributed by atoms with Crippen molar-refractivity contribution < 1.29 is 27.4 Å². The van der Waals surface area contributed by atoms with Gasteiger partial charge in [-0.2, -0.15) is 18.3 Å². The number of aromatic nitrogens is 3. The molecule has 1 unspecified atom stereocenters. The van der Waals surface area contributed by atoms with Gasteiger partial charge in [-0.1, -0.05) is 42.5 Å². The van der Waals surface area contributed by atoms with Gasteiger partial charge in [-0.3, -0.25) is 4.79 Å². The Morgan fingerprint density at radius 3 is 2.40 bits per heavy atom. The van der Waals surface area contributed by atoms with Crippen LogP contribution < -0.4 is 0 Å². The van der Waals surface area contributed by atoms with Gasteiger partial charge in [-0.25, -0.2) is 9.50 Å². The Hall–Kier alpha value is -3.76. The molecule has 0 bridgehead atoms. The van der Waals surface area contributed by atoms with E-state index in [0.29, 0.717) is 55.3 Å². The molecule has 2 heterocycles.